The van der Waals surface area contributed by atoms with Crippen molar-refractivity contribution in [1.82, 2.24) is 0 Å². The Bertz CT molecular complexity index is 11.5. The van der Waals surface area contributed by atoms with Gasteiger partial charge >= 0.3 is 0 Å². The van der Waals surface area contributed by atoms with Crippen LogP contribution in [-0.2, 0) is 4.94 Å². The van der Waals surface area contributed by atoms with Gasteiger partial charge in [0.15, 0.2) is 0 Å². The maximum atomic E-state index is 7.57. The lowest BCUT2D eigenvalue weighted by atomic mass is 10.9. The molecule has 0 heterocycles. The van der Waals surface area contributed by atoms with Crippen LogP contribution in [0.1, 0.15) is 6.92 Å². The van der Waals surface area contributed by atoms with Crippen LogP contribution in [-0.4, -0.2) is 11.7 Å². The van der Waals surface area contributed by atoms with Crippen LogP contribution in [0.25, 0.3) is 0 Å². The molecule has 0 amide bonds. The van der Waals surface area contributed by atoms with E-state index >= 15 is 0 Å². The van der Waals surface area contributed by atoms with Gasteiger partial charge in [-0.3, -0.25) is 0 Å². The quantitative estimate of drug-likeness (QED) is 0.327. The molecular weight excluding hydrogens is 84.0 g/mol. The molecule has 0 bridgehead atoms. The average Bonchev–Trinajstić information content (AvgIpc) is 1.39. The van der Waals surface area contributed by atoms with Gasteiger partial charge in [0.2, 0.25) is 0 Å². The summed E-state index contributed by atoms with van der Waals surface area (Å²) in [5.74, 6) is 8.25. The van der Waals surface area contributed by atoms with Crippen molar-refractivity contribution < 1.29 is 10.0 Å². The predicted octanol–water partition coefficient (Wildman–Crippen LogP) is -1.25. The minimum absolute atomic E-state index is 0.250. The second-order valence-electron chi connectivity index (χ2n) is 0.452. The average molecular weight is 94.1 g/mol. The van der Waals surface area contributed by atoms with Gasteiger partial charge in [-0.05, 0) is 6.92 Å². The van der Waals surface area contributed by atoms with Crippen LogP contribution in [0.15, 0.2) is 0 Å². The van der Waals surface area contributed by atoms with E-state index in [9.17, 15) is 0 Å². The van der Waals surface area contributed by atoms with Crippen molar-refractivity contribution in [2.75, 3.05) is 6.61 Å². The minimum Gasteiger partial charge on any atom is -0.397 e. The summed E-state index contributed by atoms with van der Waals surface area (Å²) < 4.78 is 0. The highest BCUT2D eigenvalue weighted by Crippen LogP contribution is 1.30. The van der Waals surface area contributed by atoms with Crippen molar-refractivity contribution in [3.63, 3.8) is 0 Å². The Balaban J connectivity index is 0. The van der Waals surface area contributed by atoms with Crippen LogP contribution in [0.2, 0.25) is 0 Å². The number of hydrogen-bond donors (Lipinski definition) is 3. The summed E-state index contributed by atoms with van der Waals surface area (Å²) in [6.45, 7) is 1.93. The summed E-state index contributed by atoms with van der Waals surface area (Å²) in [4.78, 5) is 3.25. The lowest BCUT2D eigenvalue weighted by molar-refractivity contribution is 0.142. The molecule has 0 aliphatic rings. The molecule has 0 aromatic rings. The first-order valence-corrected chi connectivity index (χ1v) is 1.49. The molecule has 0 spiro atoms. The lowest BCUT2D eigenvalue weighted by Gasteiger charge is -1.62. The zero-order chi connectivity index (χ0) is 5.41. The molecule has 4 heteroatoms. The molecule has 0 saturated heterocycles. The summed E-state index contributed by atoms with van der Waals surface area (Å²) >= 11 is 0. The molecule has 40 valence electrons. The zero-order valence-corrected chi connectivity index (χ0v) is 3.72. The van der Waals surface area contributed by atoms with Gasteiger partial charge in [0, 0.05) is 6.61 Å². The highest BCUT2D eigenvalue weighted by Gasteiger charge is 1.34. The third kappa shape index (κ3) is 1210. The van der Waals surface area contributed by atoms with Gasteiger partial charge < -0.3 is 5.11 Å². The van der Waals surface area contributed by atoms with E-state index in [-0.39, 0.29) is 6.61 Å². The minimum atomic E-state index is 0.250. The second-order valence-corrected chi connectivity index (χ2v) is 0.452. The number of rotatable bonds is 0. The van der Waals surface area contributed by atoms with Gasteiger partial charge in [-0.25, -0.2) is 4.94 Å². The molecule has 0 saturated carbocycles. The first kappa shape index (κ1) is 9.28. The summed E-state index contributed by atoms with van der Waals surface area (Å²) in [7, 11) is 0. The van der Waals surface area contributed by atoms with Gasteiger partial charge in [0.1, 0.15) is 0 Å². The molecule has 5 N–H and O–H groups in total. The monoisotopic (exact) mass is 94.1 g/mol. The molecule has 0 aliphatic heterocycles. The Hall–Kier alpha value is -0.160. The SMILES string of the molecule is CCO.NON. The molecule has 0 fully saturated rings. The molecule has 0 atom stereocenters. The summed E-state index contributed by atoms with van der Waals surface area (Å²) in [6.07, 6.45) is 0. The summed E-state index contributed by atoms with van der Waals surface area (Å²) in [5, 5.41) is 7.57. The van der Waals surface area contributed by atoms with Gasteiger partial charge in [-0.2, -0.15) is 11.8 Å². The fourth-order valence-electron chi connectivity index (χ4n) is 0. The fourth-order valence-corrected chi connectivity index (χ4v) is 0. The van der Waals surface area contributed by atoms with Gasteiger partial charge in [-0.15, -0.1) is 0 Å². The van der Waals surface area contributed by atoms with E-state index in [0.717, 1.165) is 0 Å². The normalized spacial score (nSPS) is 6.00. The Morgan fingerprint density at radius 1 is 1.67 bits per heavy atom. The molecule has 6 heavy (non-hydrogen) atoms. The van der Waals surface area contributed by atoms with Crippen LogP contribution in [0.4, 0.5) is 0 Å². The second kappa shape index (κ2) is 21.1. The Kier molecular flexibility index (Phi) is 32.6. The highest BCUT2D eigenvalue weighted by molar-refractivity contribution is 3.84. The largest absolute Gasteiger partial charge is 0.397 e. The first-order chi connectivity index (χ1) is 2.83. The van der Waals surface area contributed by atoms with Gasteiger partial charge in [0.05, 0.1) is 0 Å². The van der Waals surface area contributed by atoms with Crippen LogP contribution < -0.4 is 11.8 Å². The molecule has 0 aliphatic carbocycles. The van der Waals surface area contributed by atoms with Crippen molar-refractivity contribution in [3.05, 3.63) is 0 Å². The Morgan fingerprint density at radius 2 is 1.67 bits per heavy atom. The maximum Gasteiger partial charge on any atom is 0.0402 e. The van der Waals surface area contributed by atoms with E-state index in [1.165, 1.54) is 0 Å². The number of hydrogen-bond acceptors (Lipinski definition) is 4. The predicted molar refractivity (Wildman–Crippen MR) is 22.2 cm³/mol. The molecular formula is C2H10N2O2. The van der Waals surface area contributed by atoms with Gasteiger partial charge in [-0.1, -0.05) is 0 Å². The summed E-state index contributed by atoms with van der Waals surface area (Å²) in [6, 6.07) is 0. The smallest absolute Gasteiger partial charge is 0.0402 e. The van der Waals surface area contributed by atoms with E-state index in [0.29, 0.717) is 0 Å². The van der Waals surface area contributed by atoms with Crippen molar-refractivity contribution in [3.8, 4) is 0 Å². The Morgan fingerprint density at radius 3 is 1.67 bits per heavy atom. The Labute approximate surface area is 36.6 Å². The first-order valence-electron chi connectivity index (χ1n) is 1.49. The zero-order valence-electron chi connectivity index (χ0n) is 3.72. The van der Waals surface area contributed by atoms with Crippen LogP contribution in [0.3, 0.4) is 0 Å². The van der Waals surface area contributed by atoms with Gasteiger partial charge in [0.25, 0.3) is 0 Å². The molecule has 0 aromatic heterocycles. The number of aliphatic hydroxyl groups is 1. The van der Waals surface area contributed by atoms with Crippen LogP contribution >= 0.6 is 0 Å². The third-order valence-corrected chi connectivity index (χ3v) is 0. The highest BCUT2D eigenvalue weighted by atomic mass is 16.7. The molecule has 0 rings (SSSR count). The van der Waals surface area contributed by atoms with Crippen molar-refractivity contribution in [2.24, 2.45) is 11.8 Å². The van der Waals surface area contributed by atoms with E-state index in [4.69, 9.17) is 5.11 Å². The number of nitrogens with two attached hydrogens (primary N) is 2. The topological polar surface area (TPSA) is 81.5 Å². The van der Waals surface area contributed by atoms with E-state index in [1.807, 2.05) is 0 Å². The molecule has 0 aromatic carbocycles. The lowest BCUT2D eigenvalue weighted by Crippen LogP contribution is -2.03. The van der Waals surface area contributed by atoms with Crippen molar-refractivity contribution in [2.45, 2.75) is 6.92 Å². The fraction of sp³-hybridized carbons (Fsp3) is 1.00. The van der Waals surface area contributed by atoms with Crippen LogP contribution in [0.5, 0.6) is 0 Å². The number of aliphatic hydroxyl groups excluding tert-OH is 1. The van der Waals surface area contributed by atoms with E-state index in [1.54, 1.807) is 6.92 Å². The van der Waals surface area contributed by atoms with Crippen molar-refractivity contribution in [1.29, 1.82) is 0 Å². The third-order valence-electron chi connectivity index (χ3n) is 0. The van der Waals surface area contributed by atoms with E-state index < -0.39 is 0 Å². The van der Waals surface area contributed by atoms with E-state index in [2.05, 4.69) is 16.7 Å². The molecule has 0 unspecified atom stereocenters. The maximum absolute atomic E-state index is 7.57. The molecule has 4 nitrogen and oxygen atoms in total. The molecule has 0 radical (unpaired) electrons. The van der Waals surface area contributed by atoms with Crippen LogP contribution in [0, 0.1) is 0 Å². The van der Waals surface area contributed by atoms with Crippen molar-refractivity contribution >= 4 is 0 Å². The standard InChI is InChI=1S/C2H6O.H4N2O/c1-2-3;1-3-2/h3H,2H2,1H3;1-2H2. The summed E-state index contributed by atoms with van der Waals surface area (Å²) in [5.41, 5.74) is 0.